The number of aryl methyl sites for hydroxylation is 2. The number of aromatic nitrogens is 2. The number of nitrogens with one attached hydrogen (secondary N) is 1. The van der Waals surface area contributed by atoms with Crippen LogP contribution in [0, 0.1) is 0 Å². The molecule has 1 aromatic carbocycles. The van der Waals surface area contributed by atoms with Crippen molar-refractivity contribution < 1.29 is 4.79 Å². The summed E-state index contributed by atoms with van der Waals surface area (Å²) in [6.45, 7) is 8.95. The lowest BCUT2D eigenvalue weighted by Crippen LogP contribution is -2.26. The molecule has 24 heavy (non-hydrogen) atoms. The first-order valence-corrected chi connectivity index (χ1v) is 8.54. The molecule has 0 atom stereocenters. The van der Waals surface area contributed by atoms with Crippen LogP contribution in [0.5, 0.6) is 0 Å². The third-order valence-electron chi connectivity index (χ3n) is 4.05. The highest BCUT2D eigenvalue weighted by Gasteiger charge is 2.19. The topological polar surface area (TPSA) is 54.9 Å². The first-order chi connectivity index (χ1) is 11.4. The van der Waals surface area contributed by atoms with Gasteiger partial charge in [-0.1, -0.05) is 52.0 Å². The molecule has 4 nitrogen and oxygen atoms in total. The Morgan fingerprint density at radius 2 is 1.79 bits per heavy atom. The number of carbonyl (C=O) groups excluding carboxylic acids is 1. The SMILES string of the molecule is CCc1ccc(CCC(=O)NCc2cncnc2C(C)(C)C)cc1. The molecule has 1 heterocycles. The molecule has 0 aliphatic heterocycles. The third kappa shape index (κ3) is 5.15. The van der Waals surface area contributed by atoms with Gasteiger partial charge in [0.2, 0.25) is 5.91 Å². The summed E-state index contributed by atoms with van der Waals surface area (Å²) in [5.74, 6) is 0.0540. The van der Waals surface area contributed by atoms with E-state index in [9.17, 15) is 4.79 Å². The molecule has 1 N–H and O–H groups in total. The zero-order valence-corrected chi connectivity index (χ0v) is 15.1. The summed E-state index contributed by atoms with van der Waals surface area (Å²) < 4.78 is 0. The predicted octanol–water partition coefficient (Wildman–Crippen LogP) is 3.59. The minimum Gasteiger partial charge on any atom is -0.352 e. The van der Waals surface area contributed by atoms with Gasteiger partial charge in [0, 0.05) is 30.1 Å². The first kappa shape index (κ1) is 18.1. The second-order valence-corrected chi connectivity index (χ2v) is 7.09. The molecule has 2 aromatic rings. The Morgan fingerprint density at radius 1 is 1.12 bits per heavy atom. The Morgan fingerprint density at radius 3 is 2.42 bits per heavy atom. The van der Waals surface area contributed by atoms with Crippen LogP contribution in [-0.2, 0) is 29.6 Å². The van der Waals surface area contributed by atoms with Gasteiger partial charge in [0.1, 0.15) is 6.33 Å². The number of hydrogen-bond acceptors (Lipinski definition) is 3. The zero-order chi connectivity index (χ0) is 17.6. The molecule has 0 unspecified atom stereocenters. The van der Waals surface area contributed by atoms with Gasteiger partial charge in [-0.05, 0) is 24.0 Å². The van der Waals surface area contributed by atoms with E-state index in [1.807, 2.05) is 0 Å². The molecule has 0 radical (unpaired) electrons. The van der Waals surface area contributed by atoms with Crippen molar-refractivity contribution in [1.82, 2.24) is 15.3 Å². The Hall–Kier alpha value is -2.23. The summed E-state index contributed by atoms with van der Waals surface area (Å²) in [4.78, 5) is 20.6. The van der Waals surface area contributed by atoms with E-state index in [0.717, 1.165) is 24.1 Å². The molecule has 4 heteroatoms. The van der Waals surface area contributed by atoms with Gasteiger partial charge in [0.15, 0.2) is 0 Å². The molecule has 0 aliphatic carbocycles. The summed E-state index contributed by atoms with van der Waals surface area (Å²) in [6.07, 6.45) is 5.64. The van der Waals surface area contributed by atoms with E-state index in [1.54, 1.807) is 12.5 Å². The van der Waals surface area contributed by atoms with Gasteiger partial charge >= 0.3 is 0 Å². The molecule has 128 valence electrons. The molecule has 0 spiro atoms. The van der Waals surface area contributed by atoms with Gasteiger partial charge in [-0.25, -0.2) is 9.97 Å². The highest BCUT2D eigenvalue weighted by atomic mass is 16.1. The van der Waals surface area contributed by atoms with Crippen LogP contribution >= 0.6 is 0 Å². The maximum Gasteiger partial charge on any atom is 0.220 e. The number of hydrogen-bond donors (Lipinski definition) is 1. The highest BCUT2D eigenvalue weighted by Crippen LogP contribution is 2.22. The molecule has 2 rings (SSSR count). The molecule has 0 aliphatic rings. The minimum absolute atomic E-state index is 0.0540. The highest BCUT2D eigenvalue weighted by molar-refractivity contribution is 5.76. The molecule has 0 bridgehead atoms. The Labute approximate surface area is 144 Å². The minimum atomic E-state index is -0.0655. The lowest BCUT2D eigenvalue weighted by molar-refractivity contribution is -0.121. The number of carbonyl (C=O) groups is 1. The lowest BCUT2D eigenvalue weighted by atomic mass is 9.89. The van der Waals surface area contributed by atoms with E-state index in [1.165, 1.54) is 11.1 Å². The molecule has 0 fully saturated rings. The molecular formula is C20H27N3O. The normalized spacial score (nSPS) is 11.3. The fourth-order valence-corrected chi connectivity index (χ4v) is 2.64. The van der Waals surface area contributed by atoms with Crippen molar-refractivity contribution in [1.29, 1.82) is 0 Å². The average molecular weight is 325 g/mol. The van der Waals surface area contributed by atoms with E-state index < -0.39 is 0 Å². The van der Waals surface area contributed by atoms with Gasteiger partial charge < -0.3 is 5.32 Å². The predicted molar refractivity (Wildman–Crippen MR) is 96.7 cm³/mol. The molecule has 1 amide bonds. The fourth-order valence-electron chi connectivity index (χ4n) is 2.64. The van der Waals surface area contributed by atoms with Crippen LogP contribution in [0.4, 0.5) is 0 Å². The summed E-state index contributed by atoms with van der Waals surface area (Å²) >= 11 is 0. The fraction of sp³-hybridized carbons (Fsp3) is 0.450. The van der Waals surface area contributed by atoms with Crippen molar-refractivity contribution in [2.24, 2.45) is 0 Å². The largest absolute Gasteiger partial charge is 0.352 e. The number of benzene rings is 1. The van der Waals surface area contributed by atoms with Crippen LogP contribution in [0.1, 0.15) is 56.5 Å². The van der Waals surface area contributed by atoms with Crippen molar-refractivity contribution in [2.75, 3.05) is 0 Å². The Bertz CT molecular complexity index is 672. The van der Waals surface area contributed by atoms with Crippen molar-refractivity contribution >= 4 is 5.91 Å². The van der Waals surface area contributed by atoms with E-state index in [2.05, 4.69) is 67.2 Å². The number of nitrogens with zero attached hydrogens (tertiary/aromatic N) is 2. The molecule has 0 saturated carbocycles. The van der Waals surface area contributed by atoms with Crippen LogP contribution in [0.25, 0.3) is 0 Å². The Balaban J connectivity index is 1.87. The van der Waals surface area contributed by atoms with Gasteiger partial charge in [-0.3, -0.25) is 4.79 Å². The first-order valence-electron chi connectivity index (χ1n) is 8.54. The van der Waals surface area contributed by atoms with Crippen molar-refractivity contribution in [3.05, 3.63) is 59.2 Å². The number of amides is 1. The lowest BCUT2D eigenvalue weighted by Gasteiger charge is -2.21. The third-order valence-corrected chi connectivity index (χ3v) is 4.05. The second-order valence-electron chi connectivity index (χ2n) is 7.09. The van der Waals surface area contributed by atoms with Crippen LogP contribution in [0.15, 0.2) is 36.8 Å². The van der Waals surface area contributed by atoms with Crippen molar-refractivity contribution in [3.8, 4) is 0 Å². The van der Waals surface area contributed by atoms with Gasteiger partial charge in [-0.2, -0.15) is 0 Å². The average Bonchev–Trinajstić information content (AvgIpc) is 2.58. The molecular weight excluding hydrogens is 298 g/mol. The van der Waals surface area contributed by atoms with E-state index >= 15 is 0 Å². The van der Waals surface area contributed by atoms with Crippen LogP contribution < -0.4 is 5.32 Å². The quantitative estimate of drug-likeness (QED) is 0.883. The summed E-state index contributed by atoms with van der Waals surface area (Å²) in [6, 6.07) is 8.47. The summed E-state index contributed by atoms with van der Waals surface area (Å²) in [7, 11) is 0. The monoisotopic (exact) mass is 325 g/mol. The van der Waals surface area contributed by atoms with Crippen molar-refractivity contribution in [3.63, 3.8) is 0 Å². The zero-order valence-electron chi connectivity index (χ0n) is 15.1. The van der Waals surface area contributed by atoms with E-state index in [-0.39, 0.29) is 11.3 Å². The number of rotatable bonds is 6. The van der Waals surface area contributed by atoms with Crippen LogP contribution in [0.2, 0.25) is 0 Å². The van der Waals surface area contributed by atoms with E-state index in [4.69, 9.17) is 0 Å². The maximum absolute atomic E-state index is 12.1. The smallest absolute Gasteiger partial charge is 0.220 e. The second kappa shape index (κ2) is 8.04. The van der Waals surface area contributed by atoms with Gasteiger partial charge in [-0.15, -0.1) is 0 Å². The van der Waals surface area contributed by atoms with Gasteiger partial charge in [0.05, 0.1) is 5.69 Å². The summed E-state index contributed by atoms with van der Waals surface area (Å²) in [5.41, 5.74) is 4.41. The van der Waals surface area contributed by atoms with E-state index in [0.29, 0.717) is 13.0 Å². The van der Waals surface area contributed by atoms with Crippen LogP contribution in [-0.4, -0.2) is 15.9 Å². The van der Waals surface area contributed by atoms with Crippen molar-refractivity contribution in [2.45, 2.75) is 58.9 Å². The van der Waals surface area contributed by atoms with Crippen LogP contribution in [0.3, 0.4) is 0 Å². The molecule has 0 saturated heterocycles. The molecule has 1 aromatic heterocycles. The summed E-state index contributed by atoms with van der Waals surface area (Å²) in [5, 5.41) is 2.99. The standard InChI is InChI=1S/C20H27N3O/c1-5-15-6-8-16(9-7-15)10-11-18(24)22-13-17-12-21-14-23-19(17)20(2,3)4/h6-9,12,14H,5,10-11,13H2,1-4H3,(H,22,24). The Kier molecular flexibility index (Phi) is 6.07. The van der Waals surface area contributed by atoms with Gasteiger partial charge in [0.25, 0.3) is 0 Å². The maximum atomic E-state index is 12.1.